The maximum Gasteiger partial charge on any atom is 0.332 e. The predicted octanol–water partition coefficient (Wildman–Crippen LogP) is 1.91. The summed E-state index contributed by atoms with van der Waals surface area (Å²) in [5.41, 5.74) is 3.31. The Bertz CT molecular complexity index is 584. The number of carboxylic acids is 1. The van der Waals surface area contributed by atoms with Gasteiger partial charge in [0.15, 0.2) is 6.10 Å². The summed E-state index contributed by atoms with van der Waals surface area (Å²) in [6.07, 6.45) is 1.31. The number of rotatable bonds is 2. The summed E-state index contributed by atoms with van der Waals surface area (Å²) >= 11 is 0. The van der Waals surface area contributed by atoms with E-state index in [4.69, 9.17) is 9.84 Å². The normalized spacial score (nSPS) is 24.7. The van der Waals surface area contributed by atoms with E-state index in [0.29, 0.717) is 19.4 Å². The van der Waals surface area contributed by atoms with E-state index in [0.717, 1.165) is 18.5 Å². The van der Waals surface area contributed by atoms with Crippen molar-refractivity contribution in [3.63, 3.8) is 0 Å². The molecule has 1 amide bonds. The zero-order chi connectivity index (χ0) is 15.0. The molecule has 0 bridgehead atoms. The molecule has 2 atom stereocenters. The van der Waals surface area contributed by atoms with Crippen LogP contribution in [-0.4, -0.2) is 35.7 Å². The van der Waals surface area contributed by atoms with Crippen LogP contribution in [0.5, 0.6) is 0 Å². The Morgan fingerprint density at radius 3 is 2.76 bits per heavy atom. The van der Waals surface area contributed by atoms with E-state index in [1.165, 1.54) is 11.1 Å². The number of ether oxygens (including phenoxy) is 1. The zero-order valence-corrected chi connectivity index (χ0v) is 12.0. The summed E-state index contributed by atoms with van der Waals surface area (Å²) in [4.78, 5) is 25.3. The highest BCUT2D eigenvalue weighted by Gasteiger charge is 2.38. The van der Waals surface area contributed by atoms with Crippen LogP contribution >= 0.6 is 0 Å². The van der Waals surface area contributed by atoms with E-state index < -0.39 is 18.2 Å². The predicted molar refractivity (Wildman–Crippen MR) is 77.4 cm³/mol. The molecule has 1 aromatic rings. The third-order valence-electron chi connectivity index (χ3n) is 4.19. The number of nitrogens with zero attached hydrogens (tertiary/aromatic N) is 1. The smallest absolute Gasteiger partial charge is 0.332 e. The molecule has 2 unspecified atom stereocenters. The molecule has 3 rings (SSSR count). The SMILES string of the molecule is Cc1ccc2c(c1)CCCN2C(=O)C1CCC(C(=O)O)O1. The lowest BCUT2D eigenvalue weighted by atomic mass is 9.99. The van der Waals surface area contributed by atoms with Crippen molar-refractivity contribution in [3.05, 3.63) is 29.3 Å². The van der Waals surface area contributed by atoms with Crippen molar-refractivity contribution in [2.45, 2.75) is 44.8 Å². The molecule has 21 heavy (non-hydrogen) atoms. The molecule has 1 N–H and O–H groups in total. The molecule has 1 saturated heterocycles. The van der Waals surface area contributed by atoms with Crippen LogP contribution in [0, 0.1) is 6.92 Å². The molecule has 2 aliphatic heterocycles. The van der Waals surface area contributed by atoms with Gasteiger partial charge < -0.3 is 14.7 Å². The first kappa shape index (κ1) is 14.1. The average molecular weight is 289 g/mol. The fourth-order valence-electron chi connectivity index (χ4n) is 3.13. The second-order valence-corrected chi connectivity index (χ2v) is 5.75. The Morgan fingerprint density at radius 1 is 1.29 bits per heavy atom. The van der Waals surface area contributed by atoms with E-state index in [1.807, 2.05) is 19.1 Å². The van der Waals surface area contributed by atoms with Gasteiger partial charge in [-0.25, -0.2) is 4.79 Å². The van der Waals surface area contributed by atoms with Gasteiger partial charge in [-0.3, -0.25) is 4.79 Å². The van der Waals surface area contributed by atoms with Gasteiger partial charge in [0.05, 0.1) is 0 Å². The quantitative estimate of drug-likeness (QED) is 0.903. The maximum absolute atomic E-state index is 12.6. The maximum atomic E-state index is 12.6. The number of hydrogen-bond acceptors (Lipinski definition) is 3. The summed E-state index contributed by atoms with van der Waals surface area (Å²) in [6, 6.07) is 6.09. The standard InChI is InChI=1S/C16H19NO4/c1-10-4-5-12-11(9-10)3-2-8-17(12)15(18)13-6-7-14(21-13)16(19)20/h4-5,9,13-14H,2-3,6-8H2,1H3,(H,19,20). The lowest BCUT2D eigenvalue weighted by Gasteiger charge is -2.31. The molecule has 0 aliphatic carbocycles. The monoisotopic (exact) mass is 289 g/mol. The molecule has 2 heterocycles. The number of carbonyl (C=O) groups excluding carboxylic acids is 1. The van der Waals surface area contributed by atoms with Crippen LogP contribution in [0.4, 0.5) is 5.69 Å². The largest absolute Gasteiger partial charge is 0.479 e. The topological polar surface area (TPSA) is 66.8 Å². The van der Waals surface area contributed by atoms with E-state index in [2.05, 4.69) is 6.07 Å². The zero-order valence-electron chi connectivity index (χ0n) is 12.0. The second-order valence-electron chi connectivity index (χ2n) is 5.75. The van der Waals surface area contributed by atoms with E-state index in [-0.39, 0.29) is 5.91 Å². The third-order valence-corrected chi connectivity index (χ3v) is 4.19. The van der Waals surface area contributed by atoms with Gasteiger partial charge in [-0.1, -0.05) is 17.7 Å². The van der Waals surface area contributed by atoms with Crippen molar-refractivity contribution in [2.24, 2.45) is 0 Å². The molecule has 5 nitrogen and oxygen atoms in total. The van der Waals surface area contributed by atoms with E-state index in [1.54, 1.807) is 4.90 Å². The van der Waals surface area contributed by atoms with Gasteiger partial charge in [0.25, 0.3) is 5.91 Å². The second kappa shape index (κ2) is 5.48. The highest BCUT2D eigenvalue weighted by Crippen LogP contribution is 2.31. The van der Waals surface area contributed by atoms with Crippen LogP contribution in [0.3, 0.4) is 0 Å². The molecular weight excluding hydrogens is 270 g/mol. The van der Waals surface area contributed by atoms with Crippen LogP contribution in [0.2, 0.25) is 0 Å². The van der Waals surface area contributed by atoms with Crippen molar-refractivity contribution in [1.82, 2.24) is 0 Å². The highest BCUT2D eigenvalue weighted by molar-refractivity contribution is 5.98. The molecule has 0 radical (unpaired) electrons. The lowest BCUT2D eigenvalue weighted by Crippen LogP contribution is -2.42. The van der Waals surface area contributed by atoms with Crippen molar-refractivity contribution in [1.29, 1.82) is 0 Å². The molecule has 1 fully saturated rings. The highest BCUT2D eigenvalue weighted by atomic mass is 16.5. The Balaban J connectivity index is 1.79. The minimum atomic E-state index is -0.986. The van der Waals surface area contributed by atoms with E-state index >= 15 is 0 Å². The van der Waals surface area contributed by atoms with Gasteiger partial charge in [-0.15, -0.1) is 0 Å². The van der Waals surface area contributed by atoms with Crippen molar-refractivity contribution in [3.8, 4) is 0 Å². The number of aryl methyl sites for hydroxylation is 2. The Kier molecular flexibility index (Phi) is 3.68. The van der Waals surface area contributed by atoms with Crippen LogP contribution in [0.1, 0.15) is 30.4 Å². The number of anilines is 1. The Labute approximate surface area is 123 Å². The van der Waals surface area contributed by atoms with Crippen molar-refractivity contribution in [2.75, 3.05) is 11.4 Å². The van der Waals surface area contributed by atoms with Gasteiger partial charge in [-0.05, 0) is 44.2 Å². The molecule has 112 valence electrons. The van der Waals surface area contributed by atoms with Crippen LogP contribution in [0.15, 0.2) is 18.2 Å². The number of benzene rings is 1. The van der Waals surface area contributed by atoms with Crippen LogP contribution in [-0.2, 0) is 20.7 Å². The lowest BCUT2D eigenvalue weighted by molar-refractivity contribution is -0.151. The number of amides is 1. The third kappa shape index (κ3) is 2.65. The average Bonchev–Trinajstić information content (AvgIpc) is 2.95. The number of fused-ring (bicyclic) bond motifs is 1. The number of carboxylic acid groups (broad SMARTS) is 1. The molecule has 0 spiro atoms. The summed E-state index contributed by atoms with van der Waals surface area (Å²) in [7, 11) is 0. The Hall–Kier alpha value is -1.88. The number of hydrogen-bond donors (Lipinski definition) is 1. The molecule has 2 aliphatic rings. The number of aliphatic carboxylic acids is 1. The number of carbonyl (C=O) groups is 2. The van der Waals surface area contributed by atoms with Crippen LogP contribution in [0.25, 0.3) is 0 Å². The first-order valence-corrected chi connectivity index (χ1v) is 7.35. The van der Waals surface area contributed by atoms with Gasteiger partial charge >= 0.3 is 5.97 Å². The van der Waals surface area contributed by atoms with Crippen LogP contribution < -0.4 is 4.90 Å². The Morgan fingerprint density at radius 2 is 2.05 bits per heavy atom. The fraction of sp³-hybridized carbons (Fsp3) is 0.500. The summed E-state index contributed by atoms with van der Waals surface area (Å²) in [5, 5.41) is 8.96. The summed E-state index contributed by atoms with van der Waals surface area (Å²) in [5.74, 6) is -1.09. The first-order valence-electron chi connectivity index (χ1n) is 7.35. The minimum absolute atomic E-state index is 0.108. The van der Waals surface area contributed by atoms with Gasteiger partial charge in [0, 0.05) is 12.2 Å². The van der Waals surface area contributed by atoms with Gasteiger partial charge in [-0.2, -0.15) is 0 Å². The van der Waals surface area contributed by atoms with Crippen molar-refractivity contribution >= 4 is 17.6 Å². The van der Waals surface area contributed by atoms with Crippen molar-refractivity contribution < 1.29 is 19.4 Å². The molecule has 0 aromatic heterocycles. The van der Waals surface area contributed by atoms with E-state index in [9.17, 15) is 9.59 Å². The fourth-order valence-corrected chi connectivity index (χ4v) is 3.13. The molecular formula is C16H19NO4. The summed E-state index contributed by atoms with van der Waals surface area (Å²) in [6.45, 7) is 2.71. The minimum Gasteiger partial charge on any atom is -0.479 e. The van der Waals surface area contributed by atoms with Gasteiger partial charge in [0.2, 0.25) is 0 Å². The first-order chi connectivity index (χ1) is 10.1. The molecule has 0 saturated carbocycles. The summed E-state index contributed by atoms with van der Waals surface area (Å²) < 4.78 is 5.39. The molecule has 5 heteroatoms. The molecule has 1 aromatic carbocycles. The van der Waals surface area contributed by atoms with Gasteiger partial charge in [0.1, 0.15) is 6.10 Å².